The summed E-state index contributed by atoms with van der Waals surface area (Å²) in [6.45, 7) is 3.52. The van der Waals surface area contributed by atoms with Crippen LogP contribution < -0.4 is 9.62 Å². The number of sulfonamides is 1. The zero-order valence-corrected chi connectivity index (χ0v) is 21.1. The zero-order chi connectivity index (χ0) is 25.0. The Balaban J connectivity index is 1.54. The monoisotopic (exact) mass is 507 g/mol. The first kappa shape index (κ1) is 24.6. The third-order valence-corrected chi connectivity index (χ3v) is 7.92. The predicted molar refractivity (Wildman–Crippen MR) is 140 cm³/mol. The van der Waals surface area contributed by atoms with Crippen LogP contribution in [0.5, 0.6) is 0 Å². The quantitative estimate of drug-likeness (QED) is 0.353. The number of halogens is 1. The van der Waals surface area contributed by atoms with Crippen LogP contribution in [0.4, 0.5) is 5.69 Å². The lowest BCUT2D eigenvalue weighted by Crippen LogP contribution is -2.41. The Kier molecular flexibility index (Phi) is 7.28. The van der Waals surface area contributed by atoms with Gasteiger partial charge in [-0.2, -0.15) is 0 Å². The Morgan fingerprint density at radius 1 is 0.914 bits per heavy atom. The van der Waals surface area contributed by atoms with Crippen LogP contribution in [0.15, 0.2) is 96.2 Å². The summed E-state index contributed by atoms with van der Waals surface area (Å²) < 4.78 is 30.2. The van der Waals surface area contributed by atoms with E-state index in [2.05, 4.69) is 5.32 Å². The molecule has 4 rings (SSSR count). The van der Waals surface area contributed by atoms with E-state index in [1.807, 2.05) is 60.3 Å². The Hall–Kier alpha value is -3.55. The second-order valence-electron chi connectivity index (χ2n) is 8.24. The molecule has 8 heteroatoms. The molecule has 0 spiro atoms. The molecule has 0 atom stereocenters. The molecule has 0 saturated carbocycles. The Bertz CT molecular complexity index is 1420. The van der Waals surface area contributed by atoms with E-state index in [1.165, 1.54) is 0 Å². The van der Waals surface area contributed by atoms with Crippen LogP contribution in [0.2, 0.25) is 5.02 Å². The molecule has 0 fully saturated rings. The summed E-state index contributed by atoms with van der Waals surface area (Å²) in [5.41, 5.74) is 3.80. The summed E-state index contributed by atoms with van der Waals surface area (Å²) in [4.78, 5) is 13.0. The average Bonchev–Trinajstić information content (AvgIpc) is 3.39. The molecule has 1 amide bonds. The maximum absolute atomic E-state index is 13.6. The number of benzene rings is 3. The lowest BCUT2D eigenvalue weighted by Gasteiger charge is -2.26. The van der Waals surface area contributed by atoms with Gasteiger partial charge in [-0.1, -0.05) is 47.5 Å². The van der Waals surface area contributed by atoms with Crippen LogP contribution in [0, 0.1) is 13.8 Å². The number of hydrogen-bond donors (Lipinski definition) is 1. The number of aryl methyl sites for hydroxylation is 1. The maximum atomic E-state index is 13.6. The fraction of sp³-hybridized carbons (Fsp3) is 0.148. The molecule has 0 aliphatic heterocycles. The third kappa shape index (κ3) is 5.58. The van der Waals surface area contributed by atoms with Crippen LogP contribution in [0.1, 0.15) is 16.7 Å². The van der Waals surface area contributed by atoms with Gasteiger partial charge in [-0.25, -0.2) is 8.42 Å². The van der Waals surface area contributed by atoms with Crippen molar-refractivity contribution in [2.75, 3.05) is 10.8 Å². The van der Waals surface area contributed by atoms with Crippen LogP contribution in [-0.2, 0) is 21.4 Å². The highest BCUT2D eigenvalue weighted by Gasteiger charge is 2.28. The van der Waals surface area contributed by atoms with Gasteiger partial charge in [0.2, 0.25) is 5.91 Å². The largest absolute Gasteiger partial charge is 0.350 e. The Morgan fingerprint density at radius 2 is 1.57 bits per heavy atom. The first-order valence-corrected chi connectivity index (χ1v) is 12.9. The maximum Gasteiger partial charge on any atom is 0.264 e. The van der Waals surface area contributed by atoms with Gasteiger partial charge in [0, 0.05) is 29.6 Å². The minimum atomic E-state index is -4.01. The molecule has 180 valence electrons. The van der Waals surface area contributed by atoms with E-state index in [-0.39, 0.29) is 18.0 Å². The number of aromatic nitrogens is 1. The fourth-order valence-electron chi connectivity index (χ4n) is 3.68. The second kappa shape index (κ2) is 10.4. The van der Waals surface area contributed by atoms with Crippen molar-refractivity contribution in [3.8, 4) is 5.69 Å². The predicted octanol–water partition coefficient (Wildman–Crippen LogP) is 5.26. The van der Waals surface area contributed by atoms with Gasteiger partial charge in [-0.15, -0.1) is 0 Å². The summed E-state index contributed by atoms with van der Waals surface area (Å²) in [7, 11) is -4.01. The highest BCUT2D eigenvalue weighted by atomic mass is 35.5. The molecule has 0 aliphatic carbocycles. The van der Waals surface area contributed by atoms with Crippen molar-refractivity contribution in [2.24, 2.45) is 0 Å². The Morgan fingerprint density at radius 3 is 2.23 bits per heavy atom. The number of nitrogens with zero attached hydrogens (tertiary/aromatic N) is 2. The fourth-order valence-corrected chi connectivity index (χ4v) is 5.33. The number of nitrogens with one attached hydrogen (secondary N) is 1. The van der Waals surface area contributed by atoms with Gasteiger partial charge < -0.3 is 9.88 Å². The van der Waals surface area contributed by atoms with E-state index < -0.39 is 15.9 Å². The smallest absolute Gasteiger partial charge is 0.264 e. The summed E-state index contributed by atoms with van der Waals surface area (Å²) >= 11 is 6.28. The van der Waals surface area contributed by atoms with E-state index >= 15 is 0 Å². The molecule has 3 aromatic carbocycles. The van der Waals surface area contributed by atoms with E-state index in [1.54, 1.807) is 49.4 Å². The topological polar surface area (TPSA) is 71.4 Å². The molecule has 1 aromatic heterocycles. The highest BCUT2D eigenvalue weighted by molar-refractivity contribution is 7.92. The minimum absolute atomic E-state index is 0.107. The van der Waals surface area contributed by atoms with Crippen LogP contribution in [0.3, 0.4) is 0 Å². The highest BCUT2D eigenvalue weighted by Crippen LogP contribution is 2.30. The molecule has 4 aromatic rings. The number of carbonyl (C=O) groups is 1. The van der Waals surface area contributed by atoms with Crippen LogP contribution in [0.25, 0.3) is 5.69 Å². The van der Waals surface area contributed by atoms with Crippen LogP contribution in [-0.4, -0.2) is 25.4 Å². The van der Waals surface area contributed by atoms with E-state index in [0.29, 0.717) is 16.3 Å². The molecule has 0 saturated heterocycles. The lowest BCUT2D eigenvalue weighted by atomic mass is 10.2. The summed E-state index contributed by atoms with van der Waals surface area (Å²) in [5, 5.41) is 3.26. The minimum Gasteiger partial charge on any atom is -0.350 e. The van der Waals surface area contributed by atoms with Gasteiger partial charge in [0.1, 0.15) is 6.54 Å². The van der Waals surface area contributed by atoms with Crippen molar-refractivity contribution in [3.63, 3.8) is 0 Å². The zero-order valence-electron chi connectivity index (χ0n) is 19.5. The number of rotatable bonds is 8. The van der Waals surface area contributed by atoms with Gasteiger partial charge in [0.15, 0.2) is 0 Å². The Labute approximate surface area is 210 Å². The summed E-state index contributed by atoms with van der Waals surface area (Å²) in [5.74, 6) is -0.422. The molecular weight excluding hydrogens is 482 g/mol. The van der Waals surface area contributed by atoms with Crippen molar-refractivity contribution in [2.45, 2.75) is 25.3 Å². The summed E-state index contributed by atoms with van der Waals surface area (Å²) in [6.07, 6.45) is 3.91. The normalized spacial score (nSPS) is 11.3. The van der Waals surface area contributed by atoms with Crippen molar-refractivity contribution in [1.29, 1.82) is 0 Å². The molecular formula is C27H26ClN3O3S. The second-order valence-corrected chi connectivity index (χ2v) is 10.5. The van der Waals surface area contributed by atoms with Gasteiger partial charge in [-0.05, 0) is 73.5 Å². The molecule has 0 unspecified atom stereocenters. The first-order chi connectivity index (χ1) is 16.8. The van der Waals surface area contributed by atoms with Crippen molar-refractivity contribution < 1.29 is 13.2 Å². The molecule has 1 heterocycles. The van der Waals surface area contributed by atoms with E-state index in [4.69, 9.17) is 11.6 Å². The SMILES string of the molecule is Cc1ccc(S(=O)(=O)N(CC(=O)NCc2ccc(-n3cccc3)cc2)c2cccc(Cl)c2C)cc1. The van der Waals surface area contributed by atoms with Gasteiger partial charge >= 0.3 is 0 Å². The summed E-state index contributed by atoms with van der Waals surface area (Å²) in [6, 6.07) is 23.2. The average molecular weight is 508 g/mol. The molecule has 0 aliphatic rings. The van der Waals surface area contributed by atoms with Crippen LogP contribution >= 0.6 is 11.6 Å². The van der Waals surface area contributed by atoms with Crippen molar-refractivity contribution in [1.82, 2.24) is 9.88 Å². The standard InChI is InChI=1S/C27H26ClN3O3S/c1-20-8-14-24(15-9-20)35(33,34)31(26-7-5-6-25(28)21(26)2)19-27(32)29-18-22-10-12-23(13-11-22)30-16-3-4-17-30/h3-17H,18-19H2,1-2H3,(H,29,32). The van der Waals surface area contributed by atoms with Crippen molar-refractivity contribution in [3.05, 3.63) is 113 Å². The van der Waals surface area contributed by atoms with E-state index in [9.17, 15) is 13.2 Å². The van der Waals surface area contributed by atoms with Crippen molar-refractivity contribution >= 4 is 33.2 Å². The molecule has 0 radical (unpaired) electrons. The number of carbonyl (C=O) groups excluding carboxylic acids is 1. The van der Waals surface area contributed by atoms with Gasteiger partial charge in [-0.3, -0.25) is 9.10 Å². The number of anilines is 1. The van der Waals surface area contributed by atoms with E-state index in [0.717, 1.165) is 21.1 Å². The van der Waals surface area contributed by atoms with Gasteiger partial charge in [0.25, 0.3) is 10.0 Å². The molecule has 0 bridgehead atoms. The first-order valence-electron chi connectivity index (χ1n) is 11.1. The molecule has 35 heavy (non-hydrogen) atoms. The lowest BCUT2D eigenvalue weighted by molar-refractivity contribution is -0.119. The number of amides is 1. The third-order valence-electron chi connectivity index (χ3n) is 5.73. The number of hydrogen-bond acceptors (Lipinski definition) is 3. The molecule has 6 nitrogen and oxygen atoms in total. The molecule has 1 N–H and O–H groups in total. The van der Waals surface area contributed by atoms with Gasteiger partial charge in [0.05, 0.1) is 10.6 Å².